The molecule has 5 nitrogen and oxygen atoms in total. The minimum atomic E-state index is 0. The highest BCUT2D eigenvalue weighted by Gasteiger charge is 2.42. The largest absolute Gasteiger partial charge is 0.337 e. The number of rotatable bonds is 2. The van der Waals surface area contributed by atoms with Crippen LogP contribution < -0.4 is 5.73 Å². The average molecular weight is 333 g/mol. The molecule has 1 aromatic carbocycles. The molecule has 23 heavy (non-hydrogen) atoms. The van der Waals surface area contributed by atoms with E-state index in [-0.39, 0.29) is 24.4 Å². The summed E-state index contributed by atoms with van der Waals surface area (Å²) in [6.45, 7) is 1.61. The van der Waals surface area contributed by atoms with Crippen LogP contribution in [0, 0.1) is 11.8 Å². The third kappa shape index (κ3) is 2.86. The first kappa shape index (κ1) is 16.0. The number of hydrogen-bond donors (Lipinski definition) is 1. The number of halogens is 1. The third-order valence-electron chi connectivity index (χ3n) is 5.03. The smallest absolute Gasteiger partial charge is 0.274 e. The molecule has 0 radical (unpaired) electrons. The van der Waals surface area contributed by atoms with Gasteiger partial charge in [0.25, 0.3) is 5.91 Å². The van der Waals surface area contributed by atoms with E-state index < -0.39 is 0 Å². The zero-order valence-electron chi connectivity index (χ0n) is 12.8. The number of aromatic nitrogens is 2. The molecule has 4 rings (SSSR count). The van der Waals surface area contributed by atoms with Gasteiger partial charge in [0.1, 0.15) is 0 Å². The lowest BCUT2D eigenvalue weighted by Gasteiger charge is -2.17. The highest BCUT2D eigenvalue weighted by Crippen LogP contribution is 2.37. The number of nitrogens with zero attached hydrogens (tertiary/aromatic N) is 3. The molecule has 1 saturated carbocycles. The average Bonchev–Trinajstić information content (AvgIpc) is 3.25. The van der Waals surface area contributed by atoms with E-state index in [9.17, 15) is 4.79 Å². The molecular formula is C17H21ClN4O. The lowest BCUT2D eigenvalue weighted by Crippen LogP contribution is -2.33. The summed E-state index contributed by atoms with van der Waals surface area (Å²) in [5, 5.41) is 4.43. The summed E-state index contributed by atoms with van der Waals surface area (Å²) in [4.78, 5) is 14.6. The van der Waals surface area contributed by atoms with Crippen LogP contribution >= 0.6 is 12.4 Å². The molecule has 1 amide bonds. The Kier molecular flexibility index (Phi) is 4.41. The molecule has 2 N–H and O–H groups in total. The van der Waals surface area contributed by atoms with E-state index in [2.05, 4.69) is 5.10 Å². The van der Waals surface area contributed by atoms with E-state index in [0.717, 1.165) is 31.6 Å². The van der Waals surface area contributed by atoms with Gasteiger partial charge in [-0.05, 0) is 42.9 Å². The SMILES string of the molecule is Cl.NC1CCC2CN(C(=O)c3ccn(-c4ccccc4)n3)CC12. The fraction of sp³-hybridized carbons (Fsp3) is 0.412. The van der Waals surface area contributed by atoms with Crippen molar-refractivity contribution in [2.75, 3.05) is 13.1 Å². The van der Waals surface area contributed by atoms with Crippen LogP contribution in [0.3, 0.4) is 0 Å². The lowest BCUT2D eigenvalue weighted by atomic mass is 9.98. The van der Waals surface area contributed by atoms with Crippen LogP contribution in [0.4, 0.5) is 0 Å². The predicted molar refractivity (Wildman–Crippen MR) is 90.9 cm³/mol. The van der Waals surface area contributed by atoms with E-state index >= 15 is 0 Å². The van der Waals surface area contributed by atoms with E-state index in [1.807, 2.05) is 41.4 Å². The molecule has 0 spiro atoms. The van der Waals surface area contributed by atoms with Gasteiger partial charge < -0.3 is 10.6 Å². The molecule has 1 aliphatic heterocycles. The quantitative estimate of drug-likeness (QED) is 0.916. The summed E-state index contributed by atoms with van der Waals surface area (Å²) in [5.41, 5.74) is 7.61. The van der Waals surface area contributed by atoms with Crippen molar-refractivity contribution < 1.29 is 4.79 Å². The Morgan fingerprint density at radius 1 is 1.13 bits per heavy atom. The number of amides is 1. The van der Waals surface area contributed by atoms with Gasteiger partial charge in [-0.2, -0.15) is 5.10 Å². The fourth-order valence-electron chi connectivity index (χ4n) is 3.80. The number of fused-ring (bicyclic) bond motifs is 1. The first-order valence-corrected chi connectivity index (χ1v) is 7.88. The molecule has 122 valence electrons. The summed E-state index contributed by atoms with van der Waals surface area (Å²) < 4.78 is 1.75. The Hall–Kier alpha value is -1.85. The molecule has 1 saturated heterocycles. The Morgan fingerprint density at radius 2 is 1.91 bits per heavy atom. The summed E-state index contributed by atoms with van der Waals surface area (Å²) >= 11 is 0. The van der Waals surface area contributed by atoms with Crippen LogP contribution in [0.2, 0.25) is 0 Å². The first-order chi connectivity index (χ1) is 10.7. The van der Waals surface area contributed by atoms with Gasteiger partial charge in [0.05, 0.1) is 5.69 Å². The van der Waals surface area contributed by atoms with Gasteiger partial charge in [-0.1, -0.05) is 18.2 Å². The summed E-state index contributed by atoms with van der Waals surface area (Å²) in [5.74, 6) is 1.08. The maximum atomic E-state index is 12.6. The van der Waals surface area contributed by atoms with Crippen molar-refractivity contribution in [3.05, 3.63) is 48.3 Å². The van der Waals surface area contributed by atoms with Crippen LogP contribution in [-0.2, 0) is 0 Å². The van der Waals surface area contributed by atoms with E-state index in [4.69, 9.17) is 5.73 Å². The Labute approximate surface area is 141 Å². The number of nitrogens with two attached hydrogens (primary N) is 1. The van der Waals surface area contributed by atoms with Crippen LogP contribution in [0.1, 0.15) is 23.3 Å². The number of benzene rings is 1. The van der Waals surface area contributed by atoms with Gasteiger partial charge in [-0.25, -0.2) is 4.68 Å². The Balaban J connectivity index is 0.00000156. The van der Waals surface area contributed by atoms with Crippen LogP contribution in [0.5, 0.6) is 0 Å². The minimum Gasteiger partial charge on any atom is -0.337 e. The van der Waals surface area contributed by atoms with Crippen molar-refractivity contribution in [2.45, 2.75) is 18.9 Å². The molecule has 1 aliphatic carbocycles. The van der Waals surface area contributed by atoms with Crippen molar-refractivity contribution in [2.24, 2.45) is 17.6 Å². The topological polar surface area (TPSA) is 64.2 Å². The van der Waals surface area contributed by atoms with Gasteiger partial charge in [-0.15, -0.1) is 12.4 Å². The molecule has 1 aromatic heterocycles. The molecule has 6 heteroatoms. The number of carbonyl (C=O) groups is 1. The van der Waals surface area contributed by atoms with Crippen molar-refractivity contribution in [3.63, 3.8) is 0 Å². The molecule has 3 atom stereocenters. The van der Waals surface area contributed by atoms with Crippen LogP contribution in [0.25, 0.3) is 5.69 Å². The van der Waals surface area contributed by atoms with Crippen LogP contribution in [0.15, 0.2) is 42.6 Å². The van der Waals surface area contributed by atoms with Crippen molar-refractivity contribution >= 4 is 18.3 Å². The number of hydrogen-bond acceptors (Lipinski definition) is 3. The van der Waals surface area contributed by atoms with Gasteiger partial charge in [-0.3, -0.25) is 4.79 Å². The molecule has 2 heterocycles. The molecule has 2 aromatic rings. The van der Waals surface area contributed by atoms with E-state index in [1.165, 1.54) is 0 Å². The third-order valence-corrected chi connectivity index (χ3v) is 5.03. The maximum Gasteiger partial charge on any atom is 0.274 e. The van der Waals surface area contributed by atoms with Gasteiger partial charge >= 0.3 is 0 Å². The second kappa shape index (κ2) is 6.34. The Bertz CT molecular complexity index is 687. The van der Waals surface area contributed by atoms with Crippen molar-refractivity contribution in [1.29, 1.82) is 0 Å². The summed E-state index contributed by atoms with van der Waals surface area (Å²) in [6.07, 6.45) is 4.08. The zero-order chi connectivity index (χ0) is 15.1. The van der Waals surface area contributed by atoms with Crippen molar-refractivity contribution in [3.8, 4) is 5.69 Å². The summed E-state index contributed by atoms with van der Waals surface area (Å²) in [7, 11) is 0. The number of para-hydroxylation sites is 1. The van der Waals surface area contributed by atoms with E-state index in [0.29, 0.717) is 17.5 Å². The molecule has 0 bridgehead atoms. The molecule has 2 fully saturated rings. The lowest BCUT2D eigenvalue weighted by molar-refractivity contribution is 0.0773. The van der Waals surface area contributed by atoms with Gasteiger partial charge in [0, 0.05) is 25.3 Å². The normalized spacial score (nSPS) is 26.0. The zero-order valence-corrected chi connectivity index (χ0v) is 13.7. The molecular weight excluding hydrogens is 312 g/mol. The first-order valence-electron chi connectivity index (χ1n) is 7.88. The monoisotopic (exact) mass is 332 g/mol. The molecule has 2 aliphatic rings. The van der Waals surface area contributed by atoms with Crippen molar-refractivity contribution in [1.82, 2.24) is 14.7 Å². The number of carbonyl (C=O) groups excluding carboxylic acids is 1. The predicted octanol–water partition coefficient (Wildman–Crippen LogP) is 2.10. The van der Waals surface area contributed by atoms with E-state index in [1.54, 1.807) is 10.7 Å². The standard InChI is InChI=1S/C17H20N4O.ClH/c18-15-7-6-12-10-20(11-14(12)15)17(22)16-8-9-21(19-16)13-4-2-1-3-5-13;/h1-5,8-9,12,14-15H,6-7,10-11,18H2;1H. The second-order valence-electron chi connectivity index (χ2n) is 6.36. The second-order valence-corrected chi connectivity index (χ2v) is 6.36. The molecule has 3 unspecified atom stereocenters. The number of likely N-dealkylation sites (tertiary alicyclic amines) is 1. The summed E-state index contributed by atoms with van der Waals surface area (Å²) in [6, 6.07) is 11.9. The highest BCUT2D eigenvalue weighted by molar-refractivity contribution is 5.92. The van der Waals surface area contributed by atoms with Gasteiger partial charge in [0.15, 0.2) is 5.69 Å². The van der Waals surface area contributed by atoms with Crippen LogP contribution in [-0.4, -0.2) is 39.7 Å². The fourth-order valence-corrected chi connectivity index (χ4v) is 3.80. The van der Waals surface area contributed by atoms with Gasteiger partial charge in [0.2, 0.25) is 0 Å². The maximum absolute atomic E-state index is 12.6. The Morgan fingerprint density at radius 3 is 2.65 bits per heavy atom. The highest BCUT2D eigenvalue weighted by atomic mass is 35.5. The minimum absolute atomic E-state index is 0.